The molecule has 4 nitrogen and oxygen atoms in total. The average Bonchev–Trinajstić information content (AvgIpc) is 2.90. The van der Waals surface area contributed by atoms with Gasteiger partial charge in [-0.05, 0) is 12.8 Å². The third-order valence-electron chi connectivity index (χ3n) is 2.50. The maximum atomic E-state index is 4.28. The summed E-state index contributed by atoms with van der Waals surface area (Å²) < 4.78 is 0. The van der Waals surface area contributed by atoms with E-state index < -0.39 is 0 Å². The fraction of sp³-hybridized carbons (Fsp3) is 0.600. The zero-order chi connectivity index (χ0) is 10.5. The minimum atomic E-state index is 0. The molecular formula is C10H17IN4S. The monoisotopic (exact) mass is 352 g/mol. The summed E-state index contributed by atoms with van der Waals surface area (Å²) in [6.45, 7) is 3.02. The van der Waals surface area contributed by atoms with Crippen molar-refractivity contribution < 1.29 is 0 Å². The quantitative estimate of drug-likeness (QED) is 0.502. The first-order chi connectivity index (χ1) is 7.40. The number of thiazole rings is 1. The van der Waals surface area contributed by atoms with Crippen LogP contribution in [0, 0.1) is 0 Å². The molecule has 0 saturated carbocycles. The van der Waals surface area contributed by atoms with Crippen molar-refractivity contribution in [3.8, 4) is 0 Å². The molecule has 1 saturated heterocycles. The second-order valence-electron chi connectivity index (χ2n) is 3.52. The van der Waals surface area contributed by atoms with Crippen LogP contribution in [0.3, 0.4) is 0 Å². The Kier molecular flexibility index (Phi) is 6.04. The van der Waals surface area contributed by atoms with Crippen LogP contribution in [0.1, 0.15) is 17.8 Å². The molecule has 6 heteroatoms. The summed E-state index contributed by atoms with van der Waals surface area (Å²) in [7, 11) is 1.84. The molecule has 0 radical (unpaired) electrons. The third kappa shape index (κ3) is 3.58. The van der Waals surface area contributed by atoms with Crippen LogP contribution in [0.25, 0.3) is 0 Å². The zero-order valence-corrected chi connectivity index (χ0v) is 12.5. The van der Waals surface area contributed by atoms with E-state index in [1.165, 1.54) is 12.8 Å². The van der Waals surface area contributed by atoms with Crippen LogP contribution in [0.15, 0.2) is 16.6 Å². The van der Waals surface area contributed by atoms with Crippen LogP contribution in [-0.2, 0) is 6.54 Å². The Labute approximate surface area is 117 Å². The van der Waals surface area contributed by atoms with E-state index in [0.29, 0.717) is 0 Å². The lowest BCUT2D eigenvalue weighted by Gasteiger charge is -2.20. The van der Waals surface area contributed by atoms with Crippen LogP contribution in [0.4, 0.5) is 0 Å². The molecule has 1 fully saturated rings. The van der Waals surface area contributed by atoms with Crippen molar-refractivity contribution in [3.63, 3.8) is 0 Å². The summed E-state index contributed by atoms with van der Waals surface area (Å²) in [5.41, 5.74) is 0. The van der Waals surface area contributed by atoms with Gasteiger partial charge in [-0.3, -0.25) is 4.99 Å². The Morgan fingerprint density at radius 1 is 1.56 bits per heavy atom. The van der Waals surface area contributed by atoms with Gasteiger partial charge in [0.1, 0.15) is 5.01 Å². The molecule has 1 aliphatic rings. The molecular weight excluding hydrogens is 335 g/mol. The number of rotatable bonds is 2. The molecule has 16 heavy (non-hydrogen) atoms. The summed E-state index contributed by atoms with van der Waals surface area (Å²) in [5.74, 6) is 1.00. The number of hydrogen-bond donors (Lipinski definition) is 1. The minimum absolute atomic E-state index is 0. The van der Waals surface area contributed by atoms with Gasteiger partial charge in [-0.15, -0.1) is 35.3 Å². The van der Waals surface area contributed by atoms with Gasteiger partial charge < -0.3 is 10.2 Å². The zero-order valence-electron chi connectivity index (χ0n) is 9.35. The van der Waals surface area contributed by atoms with Crippen LogP contribution in [-0.4, -0.2) is 36.0 Å². The van der Waals surface area contributed by atoms with E-state index in [1.54, 1.807) is 11.3 Å². The predicted octanol–water partition coefficient (Wildman–Crippen LogP) is 1.93. The highest BCUT2D eigenvalue weighted by Gasteiger charge is 2.15. The largest absolute Gasteiger partial charge is 0.350 e. The van der Waals surface area contributed by atoms with E-state index in [4.69, 9.17) is 0 Å². The topological polar surface area (TPSA) is 40.5 Å². The van der Waals surface area contributed by atoms with Crippen LogP contribution < -0.4 is 5.32 Å². The van der Waals surface area contributed by atoms with Crippen molar-refractivity contribution >= 4 is 41.3 Å². The second-order valence-corrected chi connectivity index (χ2v) is 4.50. The van der Waals surface area contributed by atoms with Crippen molar-refractivity contribution in [3.05, 3.63) is 16.6 Å². The summed E-state index contributed by atoms with van der Waals surface area (Å²) >= 11 is 1.67. The Bertz CT molecular complexity index is 320. The lowest BCUT2D eigenvalue weighted by Crippen LogP contribution is -2.39. The fourth-order valence-corrected chi connectivity index (χ4v) is 2.31. The van der Waals surface area contributed by atoms with Gasteiger partial charge in [-0.2, -0.15) is 0 Å². The number of nitrogens with one attached hydrogen (secondary N) is 1. The molecule has 0 aromatic carbocycles. The van der Waals surface area contributed by atoms with Gasteiger partial charge in [0.05, 0.1) is 6.54 Å². The minimum Gasteiger partial charge on any atom is -0.350 e. The molecule has 0 amide bonds. The number of aliphatic imine (C=N–C) groups is 1. The highest BCUT2D eigenvalue weighted by molar-refractivity contribution is 14.0. The highest BCUT2D eigenvalue weighted by atomic mass is 127. The van der Waals surface area contributed by atoms with Crippen molar-refractivity contribution in [1.82, 2.24) is 15.2 Å². The SMILES string of the molecule is CN=C(NCc1nccs1)N1CCCC1.I. The Hall–Kier alpha value is -0.370. The van der Waals surface area contributed by atoms with Gasteiger partial charge in [-0.1, -0.05) is 0 Å². The van der Waals surface area contributed by atoms with Gasteiger partial charge >= 0.3 is 0 Å². The first kappa shape index (κ1) is 13.7. The first-order valence-corrected chi connectivity index (χ1v) is 6.12. The number of likely N-dealkylation sites (tertiary alicyclic amines) is 1. The number of hydrogen-bond acceptors (Lipinski definition) is 3. The fourth-order valence-electron chi connectivity index (χ4n) is 1.76. The normalized spacial score (nSPS) is 16.1. The maximum absolute atomic E-state index is 4.28. The molecule has 2 rings (SSSR count). The second kappa shape index (κ2) is 7.05. The van der Waals surface area contributed by atoms with E-state index in [2.05, 4.69) is 20.2 Å². The molecule has 0 unspecified atom stereocenters. The summed E-state index contributed by atoms with van der Waals surface area (Å²) in [6, 6.07) is 0. The van der Waals surface area contributed by atoms with Gasteiger partial charge in [0.25, 0.3) is 0 Å². The van der Waals surface area contributed by atoms with Gasteiger partial charge in [0.15, 0.2) is 5.96 Å². The number of nitrogens with zero attached hydrogens (tertiary/aromatic N) is 3. The molecule has 1 aromatic rings. The highest BCUT2D eigenvalue weighted by Crippen LogP contribution is 2.08. The molecule has 1 aliphatic heterocycles. The summed E-state index contributed by atoms with van der Waals surface area (Å²) in [4.78, 5) is 10.8. The lowest BCUT2D eigenvalue weighted by atomic mass is 10.4. The molecule has 0 atom stereocenters. The number of halogens is 1. The summed E-state index contributed by atoms with van der Waals surface area (Å²) in [6.07, 6.45) is 4.39. The standard InChI is InChI=1S/C10H16N4S.HI/c1-11-10(14-5-2-3-6-14)13-8-9-12-4-7-15-9;/h4,7H,2-3,5-6,8H2,1H3,(H,11,13);1H. The van der Waals surface area contributed by atoms with Gasteiger partial charge in [0.2, 0.25) is 0 Å². The Balaban J connectivity index is 0.00000128. The predicted molar refractivity (Wildman–Crippen MR) is 78.5 cm³/mol. The molecule has 0 aliphatic carbocycles. The van der Waals surface area contributed by atoms with Crippen molar-refractivity contribution in [2.45, 2.75) is 19.4 Å². The van der Waals surface area contributed by atoms with E-state index >= 15 is 0 Å². The van der Waals surface area contributed by atoms with Gasteiger partial charge in [0, 0.05) is 31.7 Å². The smallest absolute Gasteiger partial charge is 0.193 e. The van der Waals surface area contributed by atoms with Crippen LogP contribution in [0.2, 0.25) is 0 Å². The van der Waals surface area contributed by atoms with E-state index in [0.717, 1.165) is 30.6 Å². The maximum Gasteiger partial charge on any atom is 0.193 e. The number of guanidine groups is 1. The van der Waals surface area contributed by atoms with Crippen LogP contribution in [0.5, 0.6) is 0 Å². The molecule has 0 bridgehead atoms. The Morgan fingerprint density at radius 2 is 2.31 bits per heavy atom. The number of aromatic nitrogens is 1. The first-order valence-electron chi connectivity index (χ1n) is 5.24. The lowest BCUT2D eigenvalue weighted by molar-refractivity contribution is 0.493. The van der Waals surface area contributed by atoms with Crippen molar-refractivity contribution in [2.24, 2.45) is 4.99 Å². The van der Waals surface area contributed by atoms with Gasteiger partial charge in [-0.25, -0.2) is 4.98 Å². The summed E-state index contributed by atoms with van der Waals surface area (Å²) in [5, 5.41) is 6.44. The molecule has 90 valence electrons. The molecule has 2 heterocycles. The molecule has 0 spiro atoms. The van der Waals surface area contributed by atoms with E-state index in [1.807, 2.05) is 18.6 Å². The van der Waals surface area contributed by atoms with Crippen molar-refractivity contribution in [1.29, 1.82) is 0 Å². The van der Waals surface area contributed by atoms with E-state index in [9.17, 15) is 0 Å². The van der Waals surface area contributed by atoms with Crippen molar-refractivity contribution in [2.75, 3.05) is 20.1 Å². The average molecular weight is 352 g/mol. The van der Waals surface area contributed by atoms with Crippen LogP contribution >= 0.6 is 35.3 Å². The Morgan fingerprint density at radius 3 is 2.88 bits per heavy atom. The third-order valence-corrected chi connectivity index (χ3v) is 3.28. The van der Waals surface area contributed by atoms with E-state index in [-0.39, 0.29) is 24.0 Å². The molecule has 1 aromatic heterocycles. The molecule has 1 N–H and O–H groups in total.